The molecule has 0 bridgehead atoms. The highest BCUT2D eigenvalue weighted by atomic mass is 19.4. The normalized spacial score (nSPS) is 17.3. The van der Waals surface area contributed by atoms with Crippen molar-refractivity contribution < 1.29 is 22.8 Å². The lowest BCUT2D eigenvalue weighted by Crippen LogP contribution is -2.43. The Morgan fingerprint density at radius 3 is 2.31 bits per heavy atom. The van der Waals surface area contributed by atoms with Gasteiger partial charge in [-0.15, -0.1) is 0 Å². The lowest BCUT2D eigenvalue weighted by atomic mass is 9.97. The Hall–Kier alpha value is -2.83. The minimum Gasteiger partial charge on any atom is -0.368 e. The van der Waals surface area contributed by atoms with Crippen LogP contribution in [0.3, 0.4) is 0 Å². The lowest BCUT2D eigenvalue weighted by molar-refractivity contribution is -0.137. The van der Waals surface area contributed by atoms with Crippen LogP contribution < -0.4 is 5.73 Å². The Bertz CT molecular complexity index is 831. The molecule has 4 nitrogen and oxygen atoms in total. The van der Waals surface area contributed by atoms with Crippen LogP contribution in [0.1, 0.15) is 28.8 Å². The first kappa shape index (κ1) is 18.0. The van der Waals surface area contributed by atoms with Crippen LogP contribution in [0.25, 0.3) is 11.1 Å². The summed E-state index contributed by atoms with van der Waals surface area (Å²) in [7, 11) is 0. The Morgan fingerprint density at radius 2 is 1.69 bits per heavy atom. The summed E-state index contributed by atoms with van der Waals surface area (Å²) in [6.45, 7) is 0.424. The van der Waals surface area contributed by atoms with E-state index < -0.39 is 23.7 Å². The summed E-state index contributed by atoms with van der Waals surface area (Å²) < 4.78 is 38.2. The molecule has 2 amide bonds. The molecule has 0 saturated carbocycles. The lowest BCUT2D eigenvalue weighted by Gasteiger charge is -2.23. The Labute approximate surface area is 148 Å². The van der Waals surface area contributed by atoms with Crippen LogP contribution in [-0.4, -0.2) is 29.3 Å². The van der Waals surface area contributed by atoms with E-state index in [-0.39, 0.29) is 5.91 Å². The SMILES string of the molecule is NC(=O)[C@@H]1CCCN1C(=O)c1ccccc1-c1ccc(C(F)(F)F)cc1. The van der Waals surface area contributed by atoms with E-state index >= 15 is 0 Å². The molecule has 26 heavy (non-hydrogen) atoms. The van der Waals surface area contributed by atoms with Crippen LogP contribution in [0.15, 0.2) is 48.5 Å². The predicted molar refractivity (Wildman–Crippen MR) is 90.1 cm³/mol. The molecule has 7 heteroatoms. The monoisotopic (exact) mass is 362 g/mol. The van der Waals surface area contributed by atoms with E-state index in [0.29, 0.717) is 36.1 Å². The van der Waals surface area contributed by atoms with Crippen molar-refractivity contribution in [1.29, 1.82) is 0 Å². The molecule has 1 atom stereocenters. The van der Waals surface area contributed by atoms with Crippen LogP contribution in [-0.2, 0) is 11.0 Å². The smallest absolute Gasteiger partial charge is 0.368 e. The average molecular weight is 362 g/mol. The van der Waals surface area contributed by atoms with Crippen molar-refractivity contribution in [3.05, 3.63) is 59.7 Å². The highest BCUT2D eigenvalue weighted by Gasteiger charge is 2.34. The summed E-state index contributed by atoms with van der Waals surface area (Å²) in [6.07, 6.45) is -3.22. The van der Waals surface area contributed by atoms with Gasteiger partial charge in [-0.2, -0.15) is 13.2 Å². The third-order valence-corrected chi connectivity index (χ3v) is 4.52. The number of hydrogen-bond donors (Lipinski definition) is 1. The molecule has 1 fully saturated rings. The molecular formula is C19H17F3N2O2. The van der Waals surface area contributed by atoms with E-state index in [9.17, 15) is 22.8 Å². The van der Waals surface area contributed by atoms with Crippen molar-refractivity contribution >= 4 is 11.8 Å². The summed E-state index contributed by atoms with van der Waals surface area (Å²) >= 11 is 0. The number of nitrogens with zero attached hydrogens (tertiary/aromatic N) is 1. The summed E-state index contributed by atoms with van der Waals surface area (Å²) in [5.74, 6) is -0.898. The molecular weight excluding hydrogens is 345 g/mol. The molecule has 0 spiro atoms. The van der Waals surface area contributed by atoms with E-state index in [1.807, 2.05) is 0 Å². The molecule has 1 heterocycles. The second kappa shape index (κ2) is 6.82. The maximum absolute atomic E-state index is 12.9. The number of alkyl halides is 3. The maximum atomic E-state index is 12.9. The van der Waals surface area contributed by atoms with Gasteiger partial charge >= 0.3 is 6.18 Å². The third-order valence-electron chi connectivity index (χ3n) is 4.52. The van der Waals surface area contributed by atoms with Crippen LogP contribution in [0.4, 0.5) is 13.2 Å². The fourth-order valence-corrected chi connectivity index (χ4v) is 3.22. The topological polar surface area (TPSA) is 63.4 Å². The number of benzene rings is 2. The van der Waals surface area contributed by atoms with Crippen molar-refractivity contribution in [2.75, 3.05) is 6.54 Å². The molecule has 0 aliphatic carbocycles. The fraction of sp³-hybridized carbons (Fsp3) is 0.263. The third kappa shape index (κ3) is 3.42. The van der Waals surface area contributed by atoms with Crippen molar-refractivity contribution in [2.45, 2.75) is 25.1 Å². The molecule has 0 radical (unpaired) electrons. The minimum atomic E-state index is -4.42. The zero-order chi connectivity index (χ0) is 18.9. The van der Waals surface area contributed by atoms with Gasteiger partial charge < -0.3 is 10.6 Å². The van der Waals surface area contributed by atoms with Gasteiger partial charge in [0.2, 0.25) is 5.91 Å². The largest absolute Gasteiger partial charge is 0.416 e. The zero-order valence-corrected chi connectivity index (χ0v) is 13.8. The summed E-state index contributed by atoms with van der Waals surface area (Å²) in [6, 6.07) is 10.7. The average Bonchev–Trinajstić information content (AvgIpc) is 3.10. The predicted octanol–water partition coefficient (Wildman–Crippen LogP) is 3.46. The molecule has 1 aliphatic heterocycles. The Kier molecular flexibility index (Phi) is 4.71. The standard InChI is InChI=1S/C19H17F3N2O2/c20-19(21,22)13-9-7-12(8-10-13)14-4-1-2-5-15(14)18(26)24-11-3-6-16(24)17(23)25/h1-2,4-5,7-10,16H,3,6,11H2,(H2,23,25)/t16-/m0/s1. The van der Waals surface area contributed by atoms with Crippen LogP contribution in [0.2, 0.25) is 0 Å². The van der Waals surface area contributed by atoms with Gasteiger partial charge in [-0.25, -0.2) is 0 Å². The van der Waals surface area contributed by atoms with Gasteiger partial charge in [0.05, 0.1) is 5.56 Å². The highest BCUT2D eigenvalue weighted by Crippen LogP contribution is 2.32. The number of rotatable bonds is 3. The number of primary amides is 1. The van der Waals surface area contributed by atoms with Gasteiger partial charge in [-0.1, -0.05) is 30.3 Å². The first-order chi connectivity index (χ1) is 12.3. The molecule has 3 rings (SSSR count). The molecule has 1 saturated heterocycles. The molecule has 0 aromatic heterocycles. The Morgan fingerprint density at radius 1 is 1.04 bits per heavy atom. The number of carbonyl (C=O) groups excluding carboxylic acids is 2. The zero-order valence-electron chi connectivity index (χ0n) is 13.8. The molecule has 136 valence electrons. The molecule has 1 aliphatic rings. The quantitative estimate of drug-likeness (QED) is 0.909. The van der Waals surface area contributed by atoms with Gasteiger partial charge in [-0.3, -0.25) is 9.59 Å². The van der Waals surface area contributed by atoms with Gasteiger partial charge in [0.15, 0.2) is 0 Å². The number of likely N-dealkylation sites (tertiary alicyclic amines) is 1. The molecule has 2 aromatic rings. The summed E-state index contributed by atoms with van der Waals surface area (Å²) in [4.78, 5) is 25.9. The van der Waals surface area contributed by atoms with E-state index in [2.05, 4.69) is 0 Å². The number of amides is 2. The minimum absolute atomic E-state index is 0.334. The van der Waals surface area contributed by atoms with Crippen LogP contribution in [0.5, 0.6) is 0 Å². The van der Waals surface area contributed by atoms with Crippen molar-refractivity contribution in [3.63, 3.8) is 0 Å². The van der Waals surface area contributed by atoms with E-state index in [4.69, 9.17) is 5.73 Å². The van der Waals surface area contributed by atoms with Crippen molar-refractivity contribution in [3.8, 4) is 11.1 Å². The van der Waals surface area contributed by atoms with E-state index in [0.717, 1.165) is 12.1 Å². The molecule has 2 N–H and O–H groups in total. The number of hydrogen-bond acceptors (Lipinski definition) is 2. The first-order valence-corrected chi connectivity index (χ1v) is 8.16. The second-order valence-corrected chi connectivity index (χ2v) is 6.18. The first-order valence-electron chi connectivity index (χ1n) is 8.16. The van der Waals surface area contributed by atoms with Gasteiger partial charge in [0.25, 0.3) is 5.91 Å². The number of carbonyl (C=O) groups is 2. The molecule has 2 aromatic carbocycles. The fourth-order valence-electron chi connectivity index (χ4n) is 3.22. The van der Waals surface area contributed by atoms with Crippen molar-refractivity contribution in [1.82, 2.24) is 4.90 Å². The highest BCUT2D eigenvalue weighted by molar-refractivity contribution is 6.03. The number of halogens is 3. The van der Waals surface area contributed by atoms with E-state index in [1.165, 1.54) is 17.0 Å². The van der Waals surface area contributed by atoms with Crippen LogP contribution in [0, 0.1) is 0 Å². The Balaban J connectivity index is 1.96. The van der Waals surface area contributed by atoms with Crippen LogP contribution >= 0.6 is 0 Å². The number of nitrogens with two attached hydrogens (primary N) is 1. The summed E-state index contributed by atoms with van der Waals surface area (Å²) in [5, 5.41) is 0. The maximum Gasteiger partial charge on any atom is 0.416 e. The van der Waals surface area contributed by atoms with Crippen molar-refractivity contribution in [2.24, 2.45) is 5.73 Å². The van der Waals surface area contributed by atoms with Gasteiger partial charge in [0, 0.05) is 12.1 Å². The molecule has 0 unspecified atom stereocenters. The summed E-state index contributed by atoms with van der Waals surface area (Å²) in [5.41, 5.74) is 5.97. The second-order valence-electron chi connectivity index (χ2n) is 6.18. The van der Waals surface area contributed by atoms with E-state index in [1.54, 1.807) is 24.3 Å². The van der Waals surface area contributed by atoms with Gasteiger partial charge in [-0.05, 0) is 42.2 Å². The van der Waals surface area contributed by atoms with Gasteiger partial charge in [0.1, 0.15) is 6.04 Å².